The van der Waals surface area contributed by atoms with E-state index in [2.05, 4.69) is 142 Å². The number of benzene rings is 6. The van der Waals surface area contributed by atoms with Crippen molar-refractivity contribution in [1.82, 2.24) is 14.5 Å². The van der Waals surface area contributed by atoms with E-state index in [-0.39, 0.29) is 0 Å². The molecule has 0 unspecified atom stereocenters. The average Bonchev–Trinajstić information content (AvgIpc) is 3.72. The molecular formula is C41H29N5. The molecule has 1 aliphatic rings. The van der Waals surface area contributed by atoms with E-state index in [4.69, 9.17) is 9.98 Å². The first-order valence-electron chi connectivity index (χ1n) is 15.5. The van der Waals surface area contributed by atoms with Crippen LogP contribution in [-0.4, -0.2) is 20.8 Å². The van der Waals surface area contributed by atoms with Gasteiger partial charge in [-0.1, -0.05) is 115 Å². The zero-order chi connectivity index (χ0) is 30.5. The van der Waals surface area contributed by atoms with Gasteiger partial charge in [-0.3, -0.25) is 0 Å². The van der Waals surface area contributed by atoms with E-state index < -0.39 is 6.17 Å². The lowest BCUT2D eigenvalue weighted by atomic mass is 10.1. The van der Waals surface area contributed by atoms with E-state index >= 15 is 0 Å². The maximum Gasteiger partial charge on any atom is 0.169 e. The number of nitrogens with one attached hydrogen (secondary N) is 1. The molecule has 8 aromatic rings. The Morgan fingerprint density at radius 1 is 0.478 bits per heavy atom. The number of fused-ring (bicyclic) bond motifs is 5. The van der Waals surface area contributed by atoms with Gasteiger partial charge in [-0.05, 0) is 42.5 Å². The summed E-state index contributed by atoms with van der Waals surface area (Å²) in [5.74, 6) is 1.62. The second-order valence-corrected chi connectivity index (χ2v) is 11.5. The highest BCUT2D eigenvalue weighted by Crippen LogP contribution is 2.38. The largest absolute Gasteiger partial charge is 0.324 e. The van der Waals surface area contributed by atoms with Gasteiger partial charge in [0, 0.05) is 50.4 Å². The Morgan fingerprint density at radius 2 is 1.11 bits per heavy atom. The average molecular weight is 592 g/mol. The summed E-state index contributed by atoms with van der Waals surface area (Å²) in [4.78, 5) is 10.3. The summed E-state index contributed by atoms with van der Waals surface area (Å²) in [7, 11) is 0. The molecule has 5 heteroatoms. The van der Waals surface area contributed by atoms with Crippen LogP contribution in [0.5, 0.6) is 0 Å². The molecule has 6 aromatic carbocycles. The Balaban J connectivity index is 1.24. The lowest BCUT2D eigenvalue weighted by molar-refractivity contribution is 0.755. The number of amidine groups is 2. The van der Waals surface area contributed by atoms with E-state index in [9.17, 15) is 0 Å². The minimum atomic E-state index is -0.404. The van der Waals surface area contributed by atoms with Crippen molar-refractivity contribution >= 4 is 44.4 Å². The third-order valence-electron chi connectivity index (χ3n) is 8.80. The highest BCUT2D eigenvalue weighted by molar-refractivity contribution is 6.18. The van der Waals surface area contributed by atoms with Crippen LogP contribution < -0.4 is 5.32 Å². The molecule has 2 aromatic heterocycles. The molecule has 0 amide bonds. The van der Waals surface area contributed by atoms with Crippen LogP contribution in [0.2, 0.25) is 0 Å². The van der Waals surface area contributed by atoms with Crippen LogP contribution in [0.15, 0.2) is 174 Å². The summed E-state index contributed by atoms with van der Waals surface area (Å²) < 4.78 is 4.67. The fraction of sp³-hybridized carbons (Fsp3) is 0.0244. The maximum absolute atomic E-state index is 5.14. The summed E-state index contributed by atoms with van der Waals surface area (Å²) in [6, 6.07) is 55.2. The molecular weight excluding hydrogens is 562 g/mol. The fourth-order valence-electron chi connectivity index (χ4n) is 6.67. The predicted octanol–water partition coefficient (Wildman–Crippen LogP) is 9.22. The normalized spacial score (nSPS) is 13.6. The molecule has 0 atom stereocenters. The van der Waals surface area contributed by atoms with Crippen molar-refractivity contribution in [3.05, 3.63) is 181 Å². The quantitative estimate of drug-likeness (QED) is 0.213. The lowest BCUT2D eigenvalue weighted by Gasteiger charge is -2.23. The van der Waals surface area contributed by atoms with Crippen LogP contribution in [0.25, 0.3) is 44.1 Å². The lowest BCUT2D eigenvalue weighted by Crippen LogP contribution is -2.36. The second kappa shape index (κ2) is 10.8. The number of hydrogen-bond donors (Lipinski definition) is 1. The number of rotatable bonds is 5. The summed E-state index contributed by atoms with van der Waals surface area (Å²) in [6.45, 7) is 0. The molecule has 46 heavy (non-hydrogen) atoms. The van der Waals surface area contributed by atoms with Crippen LogP contribution in [0.3, 0.4) is 0 Å². The molecule has 0 fully saturated rings. The zero-order valence-electron chi connectivity index (χ0n) is 25.0. The molecule has 9 rings (SSSR count). The van der Waals surface area contributed by atoms with Crippen molar-refractivity contribution in [3.8, 4) is 11.4 Å². The fourth-order valence-corrected chi connectivity index (χ4v) is 6.67. The van der Waals surface area contributed by atoms with Gasteiger partial charge in [-0.25, -0.2) is 9.98 Å². The van der Waals surface area contributed by atoms with Crippen molar-refractivity contribution < 1.29 is 0 Å². The molecule has 0 spiro atoms. The highest BCUT2D eigenvalue weighted by atomic mass is 15.2. The monoisotopic (exact) mass is 591 g/mol. The SMILES string of the molecule is c1ccc(C2=NC(c3cccc(-n4c5ccccc5c5ccc6c(ccn6-c6ccccc6)c54)c3)N=C(c3ccccc3)N2)cc1. The molecule has 0 radical (unpaired) electrons. The number of nitrogens with zero attached hydrogens (tertiary/aromatic N) is 4. The van der Waals surface area contributed by atoms with E-state index in [1.54, 1.807) is 0 Å². The van der Waals surface area contributed by atoms with E-state index in [1.165, 1.54) is 32.7 Å². The first-order valence-corrected chi connectivity index (χ1v) is 15.5. The van der Waals surface area contributed by atoms with Crippen molar-refractivity contribution in [2.45, 2.75) is 6.17 Å². The summed E-state index contributed by atoms with van der Waals surface area (Å²) in [5.41, 5.74) is 8.84. The molecule has 3 heterocycles. The van der Waals surface area contributed by atoms with Crippen LogP contribution in [-0.2, 0) is 0 Å². The molecule has 0 aliphatic carbocycles. The van der Waals surface area contributed by atoms with E-state index in [0.29, 0.717) is 0 Å². The smallest absolute Gasteiger partial charge is 0.169 e. The molecule has 1 aliphatic heterocycles. The first-order chi connectivity index (χ1) is 22.8. The minimum Gasteiger partial charge on any atom is -0.324 e. The van der Waals surface area contributed by atoms with E-state index in [1.807, 2.05) is 36.4 Å². The Labute approximate surface area is 266 Å². The minimum absolute atomic E-state index is 0.404. The van der Waals surface area contributed by atoms with Crippen molar-refractivity contribution in [1.29, 1.82) is 0 Å². The number of aliphatic imine (C=N–C) groups is 2. The third kappa shape index (κ3) is 4.32. The van der Waals surface area contributed by atoms with Crippen molar-refractivity contribution in [2.24, 2.45) is 9.98 Å². The Morgan fingerprint density at radius 3 is 1.83 bits per heavy atom. The standard InChI is InChI=1S/C41H29N5/c1-4-13-28(14-5-1)39-42-40(29-15-6-2-7-16-29)44-41(43-39)30-17-12-20-32(27-30)46-37-22-11-10-21-33(37)34-23-24-36-35(38(34)46)25-26-45(36)31-18-8-3-9-19-31/h1-27,41H,(H,42,43,44). The summed E-state index contributed by atoms with van der Waals surface area (Å²) in [5, 5.41) is 7.17. The zero-order valence-corrected chi connectivity index (χ0v) is 25.0. The number of para-hydroxylation sites is 2. The van der Waals surface area contributed by atoms with Crippen LogP contribution in [0.4, 0.5) is 0 Å². The van der Waals surface area contributed by atoms with Gasteiger partial charge in [0.15, 0.2) is 6.17 Å². The van der Waals surface area contributed by atoms with Gasteiger partial charge in [0.05, 0.1) is 16.6 Å². The van der Waals surface area contributed by atoms with Gasteiger partial charge in [-0.2, -0.15) is 0 Å². The van der Waals surface area contributed by atoms with Gasteiger partial charge >= 0.3 is 0 Å². The molecule has 1 N–H and O–H groups in total. The Bertz CT molecular complexity index is 2380. The van der Waals surface area contributed by atoms with Crippen molar-refractivity contribution in [3.63, 3.8) is 0 Å². The molecule has 0 bridgehead atoms. The van der Waals surface area contributed by atoms with Gasteiger partial charge in [-0.15, -0.1) is 0 Å². The maximum atomic E-state index is 5.14. The summed E-state index contributed by atoms with van der Waals surface area (Å²) in [6.07, 6.45) is 1.77. The van der Waals surface area contributed by atoms with Gasteiger partial charge in [0.2, 0.25) is 0 Å². The predicted molar refractivity (Wildman–Crippen MR) is 189 cm³/mol. The second-order valence-electron chi connectivity index (χ2n) is 11.5. The van der Waals surface area contributed by atoms with Gasteiger partial charge in [0.1, 0.15) is 11.7 Å². The topological polar surface area (TPSA) is 46.6 Å². The first kappa shape index (κ1) is 26.2. The highest BCUT2D eigenvalue weighted by Gasteiger charge is 2.22. The van der Waals surface area contributed by atoms with Crippen molar-refractivity contribution in [2.75, 3.05) is 0 Å². The molecule has 218 valence electrons. The molecule has 0 saturated heterocycles. The van der Waals surface area contributed by atoms with Gasteiger partial charge < -0.3 is 14.5 Å². The Kier molecular flexibility index (Phi) is 6.13. The van der Waals surface area contributed by atoms with E-state index in [0.717, 1.165) is 39.7 Å². The third-order valence-corrected chi connectivity index (χ3v) is 8.80. The number of hydrogen-bond acceptors (Lipinski definition) is 3. The van der Waals surface area contributed by atoms with Crippen LogP contribution >= 0.6 is 0 Å². The van der Waals surface area contributed by atoms with Gasteiger partial charge in [0.25, 0.3) is 0 Å². The molecule has 5 nitrogen and oxygen atoms in total. The Hall–Kier alpha value is -6.20. The van der Waals surface area contributed by atoms with Crippen LogP contribution in [0.1, 0.15) is 22.9 Å². The number of aromatic nitrogens is 2. The van der Waals surface area contributed by atoms with Crippen LogP contribution in [0, 0.1) is 0 Å². The summed E-state index contributed by atoms with van der Waals surface area (Å²) >= 11 is 0. The molecule has 0 saturated carbocycles.